The fourth-order valence-corrected chi connectivity index (χ4v) is 1.92. The van der Waals surface area contributed by atoms with Crippen molar-refractivity contribution in [3.05, 3.63) is 23.8 Å². The minimum absolute atomic E-state index is 0.170. The molecule has 0 saturated heterocycles. The molecule has 0 radical (unpaired) electrons. The summed E-state index contributed by atoms with van der Waals surface area (Å²) in [6.07, 6.45) is -1.15. The molecule has 1 aliphatic heterocycles. The van der Waals surface area contributed by atoms with E-state index < -0.39 is 30.6 Å². The van der Waals surface area contributed by atoms with Crippen LogP contribution in [0.4, 0.5) is 4.79 Å². The number of amides is 3. The van der Waals surface area contributed by atoms with Gasteiger partial charge in [-0.3, -0.25) is 10.1 Å². The average molecular weight is 365 g/mol. The summed E-state index contributed by atoms with van der Waals surface area (Å²) < 4.78 is 15.3. The molecule has 2 N–H and O–H groups in total. The lowest BCUT2D eigenvalue weighted by Gasteiger charge is -2.12. The lowest BCUT2D eigenvalue weighted by Crippen LogP contribution is -2.43. The molecule has 26 heavy (non-hydrogen) atoms. The average Bonchev–Trinajstić information content (AvgIpc) is 3.08. The molecule has 3 amide bonds. The Balaban J connectivity index is 1.80. The Labute approximate surface area is 149 Å². The first-order valence-corrected chi connectivity index (χ1v) is 7.69. The van der Waals surface area contributed by atoms with E-state index in [2.05, 4.69) is 10.5 Å². The number of nitrogens with zero attached hydrogens (tertiary/aromatic N) is 1. The van der Waals surface area contributed by atoms with Gasteiger partial charge in [0.1, 0.15) is 0 Å². The Hall–Kier alpha value is -3.30. The first kappa shape index (κ1) is 19.0. The first-order valence-electron chi connectivity index (χ1n) is 7.69. The monoisotopic (exact) mass is 365 g/mol. The Kier molecular flexibility index (Phi) is 6.36. The van der Waals surface area contributed by atoms with Crippen LogP contribution in [0.1, 0.15) is 19.4 Å². The molecule has 0 unspecified atom stereocenters. The molecule has 10 heteroatoms. The molecule has 0 aliphatic carbocycles. The zero-order valence-electron chi connectivity index (χ0n) is 14.5. The normalized spacial score (nSPS) is 13.6. The van der Waals surface area contributed by atoms with Crippen molar-refractivity contribution < 1.29 is 33.4 Å². The molecular formula is C16H19N3O7. The highest BCUT2D eigenvalue weighted by atomic mass is 16.7. The topological polar surface area (TPSA) is 125 Å². The highest BCUT2D eigenvalue weighted by molar-refractivity contribution is 5.99. The van der Waals surface area contributed by atoms with Gasteiger partial charge in [-0.25, -0.2) is 9.59 Å². The van der Waals surface area contributed by atoms with Crippen LogP contribution < -0.4 is 20.1 Å². The zero-order chi connectivity index (χ0) is 19.1. The van der Waals surface area contributed by atoms with E-state index >= 15 is 0 Å². The molecule has 0 fully saturated rings. The summed E-state index contributed by atoms with van der Waals surface area (Å²) in [5.41, 5.74) is 1.25. The number of nitrogens with one attached hydrogen (secondary N) is 2. The fraction of sp³-hybridized carbons (Fsp3) is 0.375. The van der Waals surface area contributed by atoms with E-state index in [4.69, 9.17) is 19.0 Å². The van der Waals surface area contributed by atoms with Crippen molar-refractivity contribution >= 4 is 23.6 Å². The molecule has 2 rings (SSSR count). The second-order valence-electron chi connectivity index (χ2n) is 5.22. The molecule has 1 aromatic carbocycles. The number of hydrogen-bond acceptors (Lipinski definition) is 8. The number of rotatable bonds is 6. The van der Waals surface area contributed by atoms with Crippen LogP contribution in [0.15, 0.2) is 23.4 Å². The SMILES string of the molecule is CNC(=O)NC(=O)[C@H](C)OC(=O)CO/N=C(/C)c1ccc2c(c1)OCO2. The number of oxime groups is 1. The van der Waals surface area contributed by atoms with Crippen LogP contribution in [0, 0.1) is 0 Å². The van der Waals surface area contributed by atoms with E-state index in [1.54, 1.807) is 25.1 Å². The highest BCUT2D eigenvalue weighted by Gasteiger charge is 2.20. The summed E-state index contributed by atoms with van der Waals surface area (Å²) in [5, 5.41) is 8.03. The van der Waals surface area contributed by atoms with E-state index in [0.29, 0.717) is 17.2 Å². The van der Waals surface area contributed by atoms with Crippen molar-refractivity contribution in [1.82, 2.24) is 10.6 Å². The Bertz CT molecular complexity index is 733. The van der Waals surface area contributed by atoms with Gasteiger partial charge in [0.25, 0.3) is 5.91 Å². The maximum absolute atomic E-state index is 11.7. The molecule has 0 spiro atoms. The van der Waals surface area contributed by atoms with E-state index in [-0.39, 0.29) is 6.79 Å². The molecule has 1 atom stereocenters. The second-order valence-corrected chi connectivity index (χ2v) is 5.22. The summed E-state index contributed by atoms with van der Waals surface area (Å²) in [6.45, 7) is 2.71. The van der Waals surface area contributed by atoms with Crippen LogP contribution >= 0.6 is 0 Å². The van der Waals surface area contributed by atoms with Gasteiger partial charge in [0.2, 0.25) is 13.4 Å². The van der Waals surface area contributed by atoms with Gasteiger partial charge in [-0.2, -0.15) is 0 Å². The number of ether oxygens (including phenoxy) is 3. The van der Waals surface area contributed by atoms with Gasteiger partial charge in [0.05, 0.1) is 5.71 Å². The molecule has 1 heterocycles. The summed E-state index contributed by atoms with van der Waals surface area (Å²) in [7, 11) is 1.35. The van der Waals surface area contributed by atoms with E-state index in [9.17, 15) is 14.4 Å². The van der Waals surface area contributed by atoms with Gasteiger partial charge in [0.15, 0.2) is 17.6 Å². The van der Waals surface area contributed by atoms with Crippen LogP contribution in [-0.4, -0.2) is 50.2 Å². The number of carbonyl (C=O) groups is 3. The van der Waals surface area contributed by atoms with Crippen molar-refractivity contribution in [3.8, 4) is 11.5 Å². The van der Waals surface area contributed by atoms with Crippen LogP contribution in [0.5, 0.6) is 11.5 Å². The molecule has 10 nitrogen and oxygen atoms in total. The van der Waals surface area contributed by atoms with Gasteiger partial charge in [-0.05, 0) is 32.0 Å². The third-order valence-corrected chi connectivity index (χ3v) is 3.32. The predicted octanol–water partition coefficient (Wildman–Crippen LogP) is 0.543. The van der Waals surface area contributed by atoms with E-state index in [1.165, 1.54) is 14.0 Å². The lowest BCUT2D eigenvalue weighted by molar-refractivity contribution is -0.158. The van der Waals surface area contributed by atoms with Crippen molar-refractivity contribution in [2.24, 2.45) is 5.16 Å². The standard InChI is InChI=1S/C16H19N3O7/c1-9(11-4-5-12-13(6-11)24-8-23-12)19-25-7-14(20)26-10(2)15(21)18-16(22)17-3/h4-6,10H,7-8H2,1-3H3,(H2,17,18,21,22)/b19-9-/t10-/m0/s1. The largest absolute Gasteiger partial charge is 0.454 e. The minimum atomic E-state index is -1.15. The molecule has 0 bridgehead atoms. The highest BCUT2D eigenvalue weighted by Crippen LogP contribution is 2.32. The van der Waals surface area contributed by atoms with E-state index in [1.807, 2.05) is 5.32 Å². The molecule has 1 aliphatic rings. The minimum Gasteiger partial charge on any atom is -0.454 e. The number of esters is 1. The maximum Gasteiger partial charge on any atom is 0.347 e. The molecule has 1 aromatic rings. The second kappa shape index (κ2) is 8.70. The van der Waals surface area contributed by atoms with Crippen molar-refractivity contribution in [2.75, 3.05) is 20.4 Å². The molecule has 140 valence electrons. The maximum atomic E-state index is 11.7. The van der Waals surface area contributed by atoms with Crippen LogP contribution in [0.3, 0.4) is 0 Å². The Morgan fingerprint density at radius 1 is 1.27 bits per heavy atom. The third-order valence-electron chi connectivity index (χ3n) is 3.32. The smallest absolute Gasteiger partial charge is 0.347 e. The fourth-order valence-electron chi connectivity index (χ4n) is 1.92. The van der Waals surface area contributed by atoms with Gasteiger partial charge in [-0.1, -0.05) is 5.16 Å². The number of fused-ring (bicyclic) bond motifs is 1. The number of carbonyl (C=O) groups excluding carboxylic acids is 3. The Morgan fingerprint density at radius 3 is 2.73 bits per heavy atom. The Morgan fingerprint density at radius 2 is 2.00 bits per heavy atom. The summed E-state index contributed by atoms with van der Waals surface area (Å²) in [4.78, 5) is 39.2. The summed E-state index contributed by atoms with van der Waals surface area (Å²) >= 11 is 0. The van der Waals surface area contributed by atoms with Crippen molar-refractivity contribution in [1.29, 1.82) is 0 Å². The summed E-state index contributed by atoms with van der Waals surface area (Å²) in [6, 6.07) is 4.57. The van der Waals surface area contributed by atoms with Gasteiger partial charge < -0.3 is 24.4 Å². The zero-order valence-corrected chi connectivity index (χ0v) is 14.5. The lowest BCUT2D eigenvalue weighted by atomic mass is 10.1. The number of imide groups is 1. The van der Waals surface area contributed by atoms with Crippen molar-refractivity contribution in [2.45, 2.75) is 20.0 Å². The number of hydrogen-bond donors (Lipinski definition) is 2. The van der Waals surface area contributed by atoms with Gasteiger partial charge >= 0.3 is 12.0 Å². The van der Waals surface area contributed by atoms with Crippen LogP contribution in [-0.2, 0) is 19.2 Å². The van der Waals surface area contributed by atoms with Crippen LogP contribution in [0.2, 0.25) is 0 Å². The van der Waals surface area contributed by atoms with Crippen LogP contribution in [0.25, 0.3) is 0 Å². The quantitative estimate of drug-likeness (QED) is 0.428. The van der Waals surface area contributed by atoms with E-state index in [0.717, 1.165) is 5.56 Å². The van der Waals surface area contributed by atoms with Gasteiger partial charge in [0, 0.05) is 12.6 Å². The molecule has 0 saturated carbocycles. The van der Waals surface area contributed by atoms with Crippen molar-refractivity contribution in [3.63, 3.8) is 0 Å². The summed E-state index contributed by atoms with van der Waals surface area (Å²) in [5.74, 6) is -0.299. The first-order chi connectivity index (χ1) is 12.4. The predicted molar refractivity (Wildman–Crippen MR) is 88.9 cm³/mol. The third kappa shape index (κ3) is 5.10. The molecular weight excluding hydrogens is 346 g/mol. The molecule has 0 aromatic heterocycles. The number of urea groups is 1. The number of benzene rings is 1. The van der Waals surface area contributed by atoms with Gasteiger partial charge in [-0.15, -0.1) is 0 Å².